The van der Waals surface area contributed by atoms with E-state index in [1.165, 1.54) is 0 Å². The highest BCUT2D eigenvalue weighted by molar-refractivity contribution is 5.85. The van der Waals surface area contributed by atoms with Gasteiger partial charge in [-0.25, -0.2) is 0 Å². The Morgan fingerprint density at radius 2 is 2.50 bits per heavy atom. The molecule has 0 bridgehead atoms. The van der Waals surface area contributed by atoms with Gasteiger partial charge in [0.05, 0.1) is 5.92 Å². The molecule has 1 heteroatoms. The van der Waals surface area contributed by atoms with Crippen molar-refractivity contribution in [3.8, 4) is 11.8 Å². The molecule has 0 aromatic carbocycles. The zero-order valence-corrected chi connectivity index (χ0v) is 6.31. The van der Waals surface area contributed by atoms with Gasteiger partial charge >= 0.3 is 0 Å². The number of hydrogen-bond donors (Lipinski definition) is 0. The lowest BCUT2D eigenvalue weighted by Gasteiger charge is -1.92. The summed E-state index contributed by atoms with van der Waals surface area (Å²) in [5.74, 6) is 6.36. The van der Waals surface area contributed by atoms with Gasteiger partial charge in [-0.05, 0) is 12.8 Å². The van der Waals surface area contributed by atoms with Gasteiger partial charge in [-0.3, -0.25) is 4.79 Å². The minimum Gasteiger partial charge on any atom is -0.298 e. The monoisotopic (exact) mass is 136 g/mol. The highest BCUT2D eigenvalue weighted by Crippen LogP contribution is 2.19. The Hall–Kier alpha value is -0.770. The Balaban J connectivity index is 2.48. The Morgan fingerprint density at radius 1 is 1.70 bits per heavy atom. The molecular formula is C9H12O. The van der Waals surface area contributed by atoms with E-state index in [-0.39, 0.29) is 5.92 Å². The van der Waals surface area contributed by atoms with E-state index < -0.39 is 0 Å². The highest BCUT2D eigenvalue weighted by atomic mass is 16.1. The number of hydrogen-bond acceptors (Lipinski definition) is 1. The predicted octanol–water partition coefficient (Wildman–Crippen LogP) is 1.77. The van der Waals surface area contributed by atoms with Crippen molar-refractivity contribution >= 4 is 5.78 Å². The third-order valence-electron chi connectivity index (χ3n) is 1.76. The van der Waals surface area contributed by atoms with Crippen LogP contribution in [0.5, 0.6) is 0 Å². The van der Waals surface area contributed by atoms with Gasteiger partial charge in [-0.2, -0.15) is 0 Å². The van der Waals surface area contributed by atoms with Gasteiger partial charge in [0.1, 0.15) is 5.78 Å². The summed E-state index contributed by atoms with van der Waals surface area (Å²) in [7, 11) is 0. The molecule has 0 heterocycles. The van der Waals surface area contributed by atoms with Crippen LogP contribution in [0.15, 0.2) is 0 Å². The molecule has 10 heavy (non-hydrogen) atoms. The maximum absolute atomic E-state index is 11.0. The molecule has 0 radical (unpaired) electrons. The van der Waals surface area contributed by atoms with Crippen molar-refractivity contribution in [1.82, 2.24) is 0 Å². The van der Waals surface area contributed by atoms with E-state index in [1.807, 2.05) is 6.92 Å². The molecule has 0 aliphatic heterocycles. The van der Waals surface area contributed by atoms with E-state index in [0.717, 1.165) is 25.7 Å². The molecule has 1 atom stereocenters. The average Bonchev–Trinajstić information content (AvgIpc) is 2.31. The molecular weight excluding hydrogens is 124 g/mol. The lowest BCUT2D eigenvalue weighted by atomic mass is 10.1. The van der Waals surface area contributed by atoms with Gasteiger partial charge < -0.3 is 0 Å². The first-order valence-corrected chi connectivity index (χ1v) is 3.85. The largest absolute Gasteiger partial charge is 0.298 e. The summed E-state index contributed by atoms with van der Waals surface area (Å²) in [5.41, 5.74) is 0. The molecule has 54 valence electrons. The second-order valence-corrected chi connectivity index (χ2v) is 2.59. The van der Waals surface area contributed by atoms with Crippen molar-refractivity contribution in [3.63, 3.8) is 0 Å². The van der Waals surface area contributed by atoms with E-state index >= 15 is 0 Å². The standard InChI is InChI=1S/C9H12O/c1-2-3-5-8-6-4-7-9(8)10/h8H,2,4,6-7H2,1H3. The first-order valence-electron chi connectivity index (χ1n) is 3.85. The molecule has 0 amide bonds. The van der Waals surface area contributed by atoms with Crippen molar-refractivity contribution in [2.24, 2.45) is 5.92 Å². The third-order valence-corrected chi connectivity index (χ3v) is 1.76. The number of carbonyl (C=O) groups is 1. The van der Waals surface area contributed by atoms with Gasteiger partial charge in [0, 0.05) is 12.8 Å². The van der Waals surface area contributed by atoms with Crippen molar-refractivity contribution in [2.75, 3.05) is 0 Å². The topological polar surface area (TPSA) is 17.1 Å². The molecule has 1 unspecified atom stereocenters. The Morgan fingerprint density at radius 3 is 3.00 bits per heavy atom. The summed E-state index contributed by atoms with van der Waals surface area (Å²) in [4.78, 5) is 11.0. The number of carbonyl (C=O) groups excluding carboxylic acids is 1. The van der Waals surface area contributed by atoms with Crippen LogP contribution in [0.3, 0.4) is 0 Å². The smallest absolute Gasteiger partial charge is 0.147 e. The maximum atomic E-state index is 11.0. The molecule has 1 aliphatic carbocycles. The van der Waals surface area contributed by atoms with E-state index in [0.29, 0.717) is 5.78 Å². The Kier molecular flexibility index (Phi) is 2.50. The van der Waals surface area contributed by atoms with E-state index in [4.69, 9.17) is 0 Å². The highest BCUT2D eigenvalue weighted by Gasteiger charge is 2.21. The zero-order valence-electron chi connectivity index (χ0n) is 6.31. The average molecular weight is 136 g/mol. The third kappa shape index (κ3) is 1.60. The molecule has 0 N–H and O–H groups in total. The summed E-state index contributed by atoms with van der Waals surface area (Å²) in [6.45, 7) is 2.01. The minimum atomic E-state index is 0.0833. The van der Waals surface area contributed by atoms with Crippen molar-refractivity contribution in [3.05, 3.63) is 0 Å². The summed E-state index contributed by atoms with van der Waals surface area (Å²) >= 11 is 0. The summed E-state index contributed by atoms with van der Waals surface area (Å²) in [5, 5.41) is 0. The van der Waals surface area contributed by atoms with Crippen molar-refractivity contribution in [1.29, 1.82) is 0 Å². The molecule has 1 fully saturated rings. The van der Waals surface area contributed by atoms with Gasteiger partial charge in [-0.1, -0.05) is 12.8 Å². The van der Waals surface area contributed by atoms with Crippen LogP contribution in [-0.4, -0.2) is 5.78 Å². The van der Waals surface area contributed by atoms with Gasteiger partial charge in [-0.15, -0.1) is 5.92 Å². The van der Waals surface area contributed by atoms with Gasteiger partial charge in [0.25, 0.3) is 0 Å². The van der Waals surface area contributed by atoms with Crippen LogP contribution in [0.1, 0.15) is 32.6 Å². The molecule has 1 aliphatic rings. The molecule has 1 rings (SSSR count). The second-order valence-electron chi connectivity index (χ2n) is 2.59. The number of ketones is 1. The zero-order chi connectivity index (χ0) is 7.40. The summed E-state index contributed by atoms with van der Waals surface area (Å²) < 4.78 is 0. The summed E-state index contributed by atoms with van der Waals surface area (Å²) in [6, 6.07) is 0. The van der Waals surface area contributed by atoms with E-state index in [1.54, 1.807) is 0 Å². The molecule has 1 nitrogen and oxygen atoms in total. The lowest BCUT2D eigenvalue weighted by molar-refractivity contribution is -0.119. The fourth-order valence-electron chi connectivity index (χ4n) is 1.19. The van der Waals surface area contributed by atoms with Crippen LogP contribution in [0.4, 0.5) is 0 Å². The molecule has 0 spiro atoms. The van der Waals surface area contributed by atoms with Crippen LogP contribution in [0.25, 0.3) is 0 Å². The molecule has 0 aromatic rings. The Labute approximate surface area is 61.8 Å². The van der Waals surface area contributed by atoms with Crippen LogP contribution < -0.4 is 0 Å². The SMILES string of the molecule is CCC#CC1CCCC1=O. The van der Waals surface area contributed by atoms with Crippen LogP contribution in [0, 0.1) is 17.8 Å². The number of rotatable bonds is 0. The van der Waals surface area contributed by atoms with Gasteiger partial charge in [0.2, 0.25) is 0 Å². The Bertz CT molecular complexity index is 183. The van der Waals surface area contributed by atoms with Crippen LogP contribution in [-0.2, 0) is 4.79 Å². The van der Waals surface area contributed by atoms with Crippen LogP contribution >= 0.6 is 0 Å². The fourth-order valence-corrected chi connectivity index (χ4v) is 1.19. The van der Waals surface area contributed by atoms with Crippen molar-refractivity contribution < 1.29 is 4.79 Å². The molecule has 0 aromatic heterocycles. The quantitative estimate of drug-likeness (QED) is 0.464. The summed E-state index contributed by atoms with van der Waals surface area (Å²) in [6.07, 6.45) is 3.65. The van der Waals surface area contributed by atoms with E-state index in [2.05, 4.69) is 11.8 Å². The molecule has 0 saturated heterocycles. The lowest BCUT2D eigenvalue weighted by Crippen LogP contribution is -2.02. The fraction of sp³-hybridized carbons (Fsp3) is 0.667. The number of Topliss-reactive ketones (excluding diaryl/α,β-unsaturated/α-hetero) is 1. The normalized spacial score (nSPS) is 24.1. The maximum Gasteiger partial charge on any atom is 0.147 e. The first-order chi connectivity index (χ1) is 4.84. The van der Waals surface area contributed by atoms with Crippen molar-refractivity contribution in [2.45, 2.75) is 32.6 Å². The predicted molar refractivity (Wildman–Crippen MR) is 40.4 cm³/mol. The van der Waals surface area contributed by atoms with Crippen LogP contribution in [0.2, 0.25) is 0 Å². The van der Waals surface area contributed by atoms with E-state index in [9.17, 15) is 4.79 Å². The molecule has 1 saturated carbocycles. The second kappa shape index (κ2) is 3.41. The first kappa shape index (κ1) is 7.34. The minimum absolute atomic E-state index is 0.0833. The van der Waals surface area contributed by atoms with Gasteiger partial charge in [0.15, 0.2) is 0 Å².